The fourth-order valence-corrected chi connectivity index (χ4v) is 0.949. The van der Waals surface area contributed by atoms with Gasteiger partial charge in [0, 0.05) is 0 Å². The molecule has 0 bridgehead atoms. The summed E-state index contributed by atoms with van der Waals surface area (Å²) in [6.07, 6.45) is 1.43. The lowest BCUT2D eigenvalue weighted by Crippen LogP contribution is -2.40. The van der Waals surface area contributed by atoms with Gasteiger partial charge in [-0.25, -0.2) is 0 Å². The molecule has 0 aliphatic rings. The summed E-state index contributed by atoms with van der Waals surface area (Å²) in [7, 11) is 1.82. The molecule has 0 rings (SSSR count). The molecule has 0 fully saturated rings. The number of aliphatic hydroxyl groups excluding tert-OH is 1. The fourth-order valence-electron chi connectivity index (χ4n) is 0.823. The highest BCUT2D eigenvalue weighted by Crippen LogP contribution is 2.10. The lowest BCUT2D eigenvalue weighted by molar-refractivity contribution is -0.0482. The van der Waals surface area contributed by atoms with Crippen molar-refractivity contribution in [1.29, 1.82) is 0 Å². The van der Waals surface area contributed by atoms with Crippen molar-refractivity contribution >= 4 is 11.6 Å². The van der Waals surface area contributed by atoms with Crippen LogP contribution in [-0.2, 0) is 4.74 Å². The zero-order chi connectivity index (χ0) is 11.2. The molecular formula is C10H20ClNO2. The molecule has 0 aliphatic heterocycles. The summed E-state index contributed by atoms with van der Waals surface area (Å²) >= 11 is 5.76. The first-order valence-electron chi connectivity index (χ1n) is 4.70. The van der Waals surface area contributed by atoms with Crippen LogP contribution in [0.4, 0.5) is 0 Å². The van der Waals surface area contributed by atoms with E-state index in [1.807, 2.05) is 20.9 Å². The minimum Gasteiger partial charge on any atom is -0.391 e. The van der Waals surface area contributed by atoms with Crippen molar-refractivity contribution < 1.29 is 9.84 Å². The maximum Gasteiger partial charge on any atom is 0.113 e. The van der Waals surface area contributed by atoms with Gasteiger partial charge < -0.3 is 9.84 Å². The SMILES string of the molecule is C=CC(Cl)C(O)CCOC(C)(C)NC. The molecule has 2 atom stereocenters. The number of aliphatic hydroxyl groups is 1. The summed E-state index contributed by atoms with van der Waals surface area (Å²) in [5.74, 6) is 0. The largest absolute Gasteiger partial charge is 0.391 e. The minimum atomic E-state index is -0.596. The smallest absolute Gasteiger partial charge is 0.113 e. The Morgan fingerprint density at radius 3 is 2.64 bits per heavy atom. The summed E-state index contributed by atoms with van der Waals surface area (Å²) < 4.78 is 5.48. The standard InChI is InChI=1S/C10H20ClNO2/c1-5-8(11)9(13)6-7-14-10(2,3)12-4/h5,8-9,12-13H,1,6-7H2,2-4H3. The second-order valence-corrected chi connectivity index (χ2v) is 4.15. The second-order valence-electron chi connectivity index (χ2n) is 3.64. The fraction of sp³-hybridized carbons (Fsp3) is 0.800. The Morgan fingerprint density at radius 2 is 2.21 bits per heavy atom. The first-order valence-corrected chi connectivity index (χ1v) is 5.14. The summed E-state index contributed by atoms with van der Waals surface area (Å²) in [6.45, 7) is 7.82. The van der Waals surface area contributed by atoms with Crippen molar-refractivity contribution in [2.75, 3.05) is 13.7 Å². The van der Waals surface area contributed by atoms with Crippen LogP contribution in [0, 0.1) is 0 Å². The Hall–Kier alpha value is -0.0900. The predicted molar refractivity (Wildman–Crippen MR) is 59.6 cm³/mol. The Labute approximate surface area is 91.1 Å². The molecular weight excluding hydrogens is 202 g/mol. The predicted octanol–water partition coefficient (Wildman–Crippen LogP) is 1.50. The molecule has 0 saturated heterocycles. The molecule has 0 spiro atoms. The number of halogens is 1. The van der Waals surface area contributed by atoms with Crippen LogP contribution < -0.4 is 5.32 Å². The molecule has 2 unspecified atom stereocenters. The summed E-state index contributed by atoms with van der Waals surface area (Å²) in [4.78, 5) is 0. The second kappa shape index (κ2) is 6.40. The molecule has 14 heavy (non-hydrogen) atoms. The van der Waals surface area contributed by atoms with E-state index in [0.717, 1.165) is 0 Å². The first kappa shape index (κ1) is 13.9. The third-order valence-electron chi connectivity index (χ3n) is 2.07. The molecule has 0 heterocycles. The van der Waals surface area contributed by atoms with E-state index < -0.39 is 11.5 Å². The number of nitrogens with one attached hydrogen (secondary N) is 1. The maximum absolute atomic E-state index is 9.48. The van der Waals surface area contributed by atoms with Crippen molar-refractivity contribution in [3.05, 3.63) is 12.7 Å². The van der Waals surface area contributed by atoms with E-state index in [1.165, 1.54) is 6.08 Å². The highest BCUT2D eigenvalue weighted by Gasteiger charge is 2.17. The first-order chi connectivity index (χ1) is 6.43. The normalized spacial score (nSPS) is 16.4. The van der Waals surface area contributed by atoms with E-state index >= 15 is 0 Å². The zero-order valence-electron chi connectivity index (χ0n) is 9.09. The number of ether oxygens (including phenoxy) is 1. The summed E-state index contributed by atoms with van der Waals surface area (Å²) in [5.41, 5.74) is -0.365. The molecule has 0 saturated carbocycles. The van der Waals surface area contributed by atoms with Gasteiger partial charge in [-0.1, -0.05) is 6.08 Å². The van der Waals surface area contributed by atoms with Gasteiger partial charge in [0.15, 0.2) is 0 Å². The quantitative estimate of drug-likeness (QED) is 0.389. The van der Waals surface area contributed by atoms with E-state index in [-0.39, 0.29) is 5.72 Å². The van der Waals surface area contributed by atoms with Crippen LogP contribution in [0.25, 0.3) is 0 Å². The van der Waals surface area contributed by atoms with Gasteiger partial charge in [0.25, 0.3) is 0 Å². The van der Waals surface area contributed by atoms with Crippen LogP contribution in [-0.4, -0.2) is 36.0 Å². The van der Waals surface area contributed by atoms with Crippen LogP contribution in [0.1, 0.15) is 20.3 Å². The van der Waals surface area contributed by atoms with E-state index in [1.54, 1.807) is 0 Å². The van der Waals surface area contributed by atoms with Gasteiger partial charge in [0.1, 0.15) is 5.72 Å². The van der Waals surface area contributed by atoms with Crippen molar-refractivity contribution in [2.24, 2.45) is 0 Å². The molecule has 2 N–H and O–H groups in total. The van der Waals surface area contributed by atoms with E-state index in [2.05, 4.69) is 11.9 Å². The zero-order valence-corrected chi connectivity index (χ0v) is 9.84. The van der Waals surface area contributed by atoms with Crippen LogP contribution >= 0.6 is 11.6 Å². The van der Waals surface area contributed by atoms with Gasteiger partial charge in [0.2, 0.25) is 0 Å². The molecule has 3 nitrogen and oxygen atoms in total. The van der Waals surface area contributed by atoms with Crippen LogP contribution in [0.3, 0.4) is 0 Å². The average Bonchev–Trinajstić information content (AvgIpc) is 2.16. The van der Waals surface area contributed by atoms with Crippen molar-refractivity contribution in [3.63, 3.8) is 0 Å². The summed E-state index contributed by atoms with van der Waals surface area (Å²) in [6, 6.07) is 0. The lowest BCUT2D eigenvalue weighted by Gasteiger charge is -2.25. The molecule has 0 aromatic rings. The van der Waals surface area contributed by atoms with Crippen molar-refractivity contribution in [1.82, 2.24) is 5.32 Å². The number of alkyl halides is 1. The van der Waals surface area contributed by atoms with E-state index in [0.29, 0.717) is 13.0 Å². The highest BCUT2D eigenvalue weighted by molar-refractivity contribution is 6.22. The summed E-state index contributed by atoms with van der Waals surface area (Å²) in [5, 5.41) is 12.1. The highest BCUT2D eigenvalue weighted by atomic mass is 35.5. The average molecular weight is 222 g/mol. The van der Waals surface area contributed by atoms with Gasteiger partial charge in [-0.05, 0) is 27.3 Å². The van der Waals surface area contributed by atoms with Gasteiger partial charge >= 0.3 is 0 Å². The monoisotopic (exact) mass is 221 g/mol. The molecule has 0 aromatic heterocycles. The van der Waals surface area contributed by atoms with Crippen molar-refractivity contribution in [3.8, 4) is 0 Å². The molecule has 84 valence electrons. The Balaban J connectivity index is 3.68. The molecule has 0 aliphatic carbocycles. The molecule has 0 aromatic carbocycles. The topological polar surface area (TPSA) is 41.5 Å². The third-order valence-corrected chi connectivity index (χ3v) is 2.54. The maximum atomic E-state index is 9.48. The molecule has 4 heteroatoms. The minimum absolute atomic E-state index is 0.365. The van der Waals surface area contributed by atoms with Crippen LogP contribution in [0.5, 0.6) is 0 Å². The number of rotatable bonds is 7. The van der Waals surface area contributed by atoms with E-state index in [9.17, 15) is 5.11 Å². The van der Waals surface area contributed by atoms with Gasteiger partial charge in [0.05, 0.1) is 18.1 Å². The Kier molecular flexibility index (Phi) is 6.36. The van der Waals surface area contributed by atoms with Crippen LogP contribution in [0.2, 0.25) is 0 Å². The number of hydrogen-bond acceptors (Lipinski definition) is 3. The van der Waals surface area contributed by atoms with Crippen LogP contribution in [0.15, 0.2) is 12.7 Å². The van der Waals surface area contributed by atoms with Crippen molar-refractivity contribution in [2.45, 2.75) is 37.5 Å². The Bertz CT molecular complexity index is 174. The number of hydrogen-bond donors (Lipinski definition) is 2. The molecule has 0 radical (unpaired) electrons. The van der Waals surface area contributed by atoms with Gasteiger partial charge in [-0.3, -0.25) is 5.32 Å². The van der Waals surface area contributed by atoms with Gasteiger partial charge in [-0.2, -0.15) is 0 Å². The lowest BCUT2D eigenvalue weighted by atomic mass is 10.2. The third kappa shape index (κ3) is 5.60. The van der Waals surface area contributed by atoms with E-state index in [4.69, 9.17) is 16.3 Å². The Morgan fingerprint density at radius 1 is 1.64 bits per heavy atom. The molecule has 0 amide bonds. The van der Waals surface area contributed by atoms with Gasteiger partial charge in [-0.15, -0.1) is 18.2 Å².